The summed E-state index contributed by atoms with van der Waals surface area (Å²) in [6.07, 6.45) is 0.468. The first kappa shape index (κ1) is 36.4. The molecule has 4 unspecified atom stereocenters. The summed E-state index contributed by atoms with van der Waals surface area (Å²) >= 11 is 0. The number of nitrogens with one attached hydrogen (secondary N) is 3. The third kappa shape index (κ3) is 9.16. The maximum absolute atomic E-state index is 14.3. The van der Waals surface area contributed by atoms with E-state index in [0.717, 1.165) is 5.56 Å². The van der Waals surface area contributed by atoms with Crippen LogP contribution in [0.5, 0.6) is 11.5 Å². The zero-order chi connectivity index (χ0) is 35.8. The first-order valence-corrected chi connectivity index (χ1v) is 16.2. The van der Waals surface area contributed by atoms with E-state index >= 15 is 0 Å². The van der Waals surface area contributed by atoms with Gasteiger partial charge in [-0.3, -0.25) is 24.0 Å². The molecule has 12 heteroatoms. The number of carbonyl (C=O) groups excluding carboxylic acids is 5. The lowest BCUT2D eigenvalue weighted by atomic mass is 9.98. The highest BCUT2D eigenvalue weighted by Crippen LogP contribution is 2.21. The fourth-order valence-corrected chi connectivity index (χ4v) is 5.81. The van der Waals surface area contributed by atoms with Crippen molar-refractivity contribution in [3.8, 4) is 11.5 Å². The van der Waals surface area contributed by atoms with Gasteiger partial charge in [0.15, 0.2) is 0 Å². The SMILES string of the molecule is COc1ccc(CC2C(=O)NC(CC(C)C)C(=O)N(C)C(Cc3ccc(O)cc3)C(=O)Nc3ccccc3C(=O)NC(C)C(=O)N2C)cc1. The number of para-hydroxylation sites is 1. The van der Waals surface area contributed by atoms with E-state index < -0.39 is 53.7 Å². The fraction of sp³-hybridized carbons (Fsp3) is 0.378. The lowest BCUT2D eigenvalue weighted by Gasteiger charge is -2.34. The zero-order valence-corrected chi connectivity index (χ0v) is 28.7. The van der Waals surface area contributed by atoms with E-state index in [4.69, 9.17) is 4.74 Å². The molecule has 5 amide bonds. The minimum atomic E-state index is -1.06. The van der Waals surface area contributed by atoms with Gasteiger partial charge in [0.25, 0.3) is 5.91 Å². The van der Waals surface area contributed by atoms with Gasteiger partial charge in [-0.2, -0.15) is 0 Å². The van der Waals surface area contributed by atoms with Gasteiger partial charge in [-0.15, -0.1) is 0 Å². The molecule has 49 heavy (non-hydrogen) atoms. The monoisotopic (exact) mass is 671 g/mol. The van der Waals surface area contributed by atoms with Gasteiger partial charge in [0.1, 0.15) is 35.7 Å². The largest absolute Gasteiger partial charge is 0.508 e. The van der Waals surface area contributed by atoms with Crippen molar-refractivity contribution in [1.29, 1.82) is 0 Å². The van der Waals surface area contributed by atoms with Crippen LogP contribution in [-0.4, -0.2) is 89.8 Å². The van der Waals surface area contributed by atoms with E-state index in [9.17, 15) is 29.1 Å². The lowest BCUT2D eigenvalue weighted by molar-refractivity contribution is -0.143. The van der Waals surface area contributed by atoms with Crippen LogP contribution in [0.3, 0.4) is 0 Å². The second-order valence-electron chi connectivity index (χ2n) is 12.8. The van der Waals surface area contributed by atoms with Gasteiger partial charge in [0.05, 0.1) is 18.4 Å². The molecule has 0 spiro atoms. The molecule has 3 aromatic rings. The Labute approximate surface area is 286 Å². The Morgan fingerprint density at radius 3 is 1.90 bits per heavy atom. The molecule has 12 nitrogen and oxygen atoms in total. The van der Waals surface area contributed by atoms with E-state index in [0.29, 0.717) is 11.3 Å². The van der Waals surface area contributed by atoms with Crippen molar-refractivity contribution in [3.63, 3.8) is 0 Å². The molecule has 0 saturated carbocycles. The van der Waals surface area contributed by atoms with E-state index in [1.165, 1.54) is 49.0 Å². The first-order valence-electron chi connectivity index (χ1n) is 16.2. The molecular formula is C37H45N5O7. The van der Waals surface area contributed by atoms with Crippen LogP contribution in [0.4, 0.5) is 5.69 Å². The zero-order valence-electron chi connectivity index (χ0n) is 28.7. The average molecular weight is 672 g/mol. The van der Waals surface area contributed by atoms with Gasteiger partial charge in [0, 0.05) is 26.9 Å². The van der Waals surface area contributed by atoms with Crippen LogP contribution in [-0.2, 0) is 32.0 Å². The molecule has 0 fully saturated rings. The highest BCUT2D eigenvalue weighted by Gasteiger charge is 2.37. The smallest absolute Gasteiger partial charge is 0.254 e. The molecule has 1 aliphatic rings. The minimum Gasteiger partial charge on any atom is -0.508 e. The lowest BCUT2D eigenvalue weighted by Crippen LogP contribution is -2.59. The highest BCUT2D eigenvalue weighted by molar-refractivity contribution is 6.07. The number of aromatic hydroxyl groups is 1. The number of phenolic OH excluding ortho intramolecular Hbond substituents is 1. The van der Waals surface area contributed by atoms with Crippen molar-refractivity contribution in [2.24, 2.45) is 5.92 Å². The summed E-state index contributed by atoms with van der Waals surface area (Å²) in [5.41, 5.74) is 1.74. The number of rotatable bonds is 7. The average Bonchev–Trinajstić information content (AvgIpc) is 3.08. The number of nitrogens with zero attached hydrogens (tertiary/aromatic N) is 2. The molecule has 4 N–H and O–H groups in total. The molecule has 3 aromatic carbocycles. The molecule has 1 heterocycles. The van der Waals surface area contributed by atoms with Crippen LogP contribution in [0.15, 0.2) is 72.8 Å². The van der Waals surface area contributed by atoms with Crippen LogP contribution < -0.4 is 20.7 Å². The summed E-state index contributed by atoms with van der Waals surface area (Å²) in [6.45, 7) is 5.37. The number of phenols is 1. The first-order chi connectivity index (χ1) is 23.3. The van der Waals surface area contributed by atoms with E-state index in [1.54, 1.807) is 61.7 Å². The second-order valence-corrected chi connectivity index (χ2v) is 12.8. The highest BCUT2D eigenvalue weighted by atomic mass is 16.5. The van der Waals surface area contributed by atoms with E-state index in [1.807, 2.05) is 13.8 Å². The Morgan fingerprint density at radius 2 is 1.31 bits per heavy atom. The molecule has 0 bridgehead atoms. The van der Waals surface area contributed by atoms with Crippen molar-refractivity contribution in [2.45, 2.75) is 64.2 Å². The third-order valence-corrected chi connectivity index (χ3v) is 8.66. The number of methoxy groups -OCH3 is 1. The van der Waals surface area contributed by atoms with Crippen LogP contribution in [0, 0.1) is 5.92 Å². The Bertz CT molecular complexity index is 1660. The number of anilines is 1. The molecule has 4 rings (SSSR count). The van der Waals surface area contributed by atoms with E-state index in [-0.39, 0.29) is 42.2 Å². The van der Waals surface area contributed by atoms with Crippen molar-refractivity contribution in [2.75, 3.05) is 26.5 Å². The quantitative estimate of drug-likeness (QED) is 0.301. The number of benzene rings is 3. The van der Waals surface area contributed by atoms with Gasteiger partial charge < -0.3 is 35.6 Å². The van der Waals surface area contributed by atoms with E-state index in [2.05, 4.69) is 16.0 Å². The number of likely N-dealkylation sites (N-methyl/N-ethyl adjacent to an activating group) is 2. The van der Waals surface area contributed by atoms with Crippen molar-refractivity contribution in [1.82, 2.24) is 20.4 Å². The summed E-state index contributed by atoms with van der Waals surface area (Å²) in [7, 11) is 4.54. The maximum Gasteiger partial charge on any atom is 0.254 e. The number of ether oxygens (including phenoxy) is 1. The van der Waals surface area contributed by atoms with Gasteiger partial charge in [0.2, 0.25) is 23.6 Å². The van der Waals surface area contributed by atoms with Crippen LogP contribution in [0.25, 0.3) is 0 Å². The Hall–Kier alpha value is -5.39. The minimum absolute atomic E-state index is 0.0147. The molecule has 0 radical (unpaired) electrons. The van der Waals surface area contributed by atoms with Crippen LogP contribution >= 0.6 is 0 Å². The fourth-order valence-electron chi connectivity index (χ4n) is 5.81. The molecular weight excluding hydrogens is 626 g/mol. The summed E-state index contributed by atoms with van der Waals surface area (Å²) in [5.74, 6) is -2.08. The Balaban J connectivity index is 1.80. The van der Waals surface area contributed by atoms with Crippen molar-refractivity contribution >= 4 is 35.2 Å². The number of hydrogen-bond acceptors (Lipinski definition) is 7. The predicted octanol–water partition coefficient (Wildman–Crippen LogP) is 3.14. The standard InChI is InChI=1S/C37H45N5O7/c1-22(2)19-30-37(48)42(5)32(20-24-11-15-26(43)16-12-24)34(45)39-29-10-8-7-9-28(29)33(44)38-23(3)36(47)41(4)31(35(46)40-30)21-25-13-17-27(49-6)18-14-25/h7-18,22-23,30-32,43H,19-21H2,1-6H3,(H,38,44)(H,39,45)(H,40,46). The number of hydrogen-bond donors (Lipinski definition) is 4. The van der Waals surface area contributed by atoms with Crippen molar-refractivity contribution < 1.29 is 33.8 Å². The third-order valence-electron chi connectivity index (χ3n) is 8.66. The summed E-state index contributed by atoms with van der Waals surface area (Å²) in [4.78, 5) is 72.3. The van der Waals surface area contributed by atoms with Gasteiger partial charge in [-0.1, -0.05) is 50.2 Å². The van der Waals surface area contributed by atoms with Crippen LogP contribution in [0.1, 0.15) is 48.7 Å². The molecule has 260 valence electrons. The van der Waals surface area contributed by atoms with Gasteiger partial charge in [-0.25, -0.2) is 0 Å². The molecule has 0 aliphatic carbocycles. The number of carbonyl (C=O) groups is 5. The topological polar surface area (TPSA) is 157 Å². The molecule has 0 aromatic heterocycles. The molecule has 4 atom stereocenters. The van der Waals surface area contributed by atoms with Crippen molar-refractivity contribution in [3.05, 3.63) is 89.5 Å². The Kier molecular flexibility index (Phi) is 12.0. The normalized spacial score (nSPS) is 21.2. The maximum atomic E-state index is 14.3. The summed E-state index contributed by atoms with van der Waals surface area (Å²) in [6, 6.07) is 15.6. The number of fused-ring (bicyclic) bond motifs is 1. The van der Waals surface area contributed by atoms with Crippen LogP contribution in [0.2, 0.25) is 0 Å². The number of amides is 5. The van der Waals surface area contributed by atoms with Gasteiger partial charge >= 0.3 is 0 Å². The summed E-state index contributed by atoms with van der Waals surface area (Å²) in [5, 5.41) is 18.3. The predicted molar refractivity (Wildman–Crippen MR) is 185 cm³/mol. The second kappa shape index (κ2) is 16.1. The molecule has 0 saturated heterocycles. The summed E-state index contributed by atoms with van der Waals surface area (Å²) < 4.78 is 5.27. The van der Waals surface area contributed by atoms with Gasteiger partial charge in [-0.05, 0) is 66.8 Å². The Morgan fingerprint density at radius 1 is 0.755 bits per heavy atom. The molecule has 1 aliphatic heterocycles.